The van der Waals surface area contributed by atoms with Crippen LogP contribution in [0.1, 0.15) is 55.7 Å². The fourth-order valence-corrected chi connectivity index (χ4v) is 7.69. The molecule has 47 heavy (non-hydrogen) atoms. The second-order valence-corrected chi connectivity index (χ2v) is 12.6. The number of methoxy groups -OCH3 is 3. The highest BCUT2D eigenvalue weighted by Crippen LogP contribution is 2.68. The Balaban J connectivity index is 1.62. The fraction of sp³-hybridized carbons (Fsp3) is 0.444. The number of nitrogens with zero attached hydrogens (tertiary/aromatic N) is 1. The summed E-state index contributed by atoms with van der Waals surface area (Å²) in [5.41, 5.74) is -3.00. The summed E-state index contributed by atoms with van der Waals surface area (Å²) >= 11 is 0. The van der Waals surface area contributed by atoms with Crippen molar-refractivity contribution in [3.05, 3.63) is 77.4 Å². The molecule has 4 N–H and O–H groups in total. The van der Waals surface area contributed by atoms with Gasteiger partial charge in [0.05, 0.1) is 32.8 Å². The highest BCUT2D eigenvalue weighted by atomic mass is 16.5. The molecule has 2 fully saturated rings. The number of rotatable bonds is 9. The van der Waals surface area contributed by atoms with Crippen LogP contribution in [-0.2, 0) is 20.8 Å². The molecule has 2 amide bonds. The van der Waals surface area contributed by atoms with Crippen molar-refractivity contribution in [3.8, 4) is 28.7 Å². The van der Waals surface area contributed by atoms with E-state index < -0.39 is 41.2 Å². The predicted octanol–water partition coefficient (Wildman–Crippen LogP) is 3.78. The minimum atomic E-state index is -2.26. The molecule has 1 saturated heterocycles. The van der Waals surface area contributed by atoms with Gasteiger partial charge in [-0.1, -0.05) is 50.2 Å². The number of phenolic OH excluding ortho intramolecular Hbond substituents is 1. The van der Waals surface area contributed by atoms with Crippen molar-refractivity contribution in [2.45, 2.75) is 62.5 Å². The number of benzene rings is 3. The van der Waals surface area contributed by atoms with Crippen molar-refractivity contribution in [1.29, 1.82) is 0 Å². The average molecular weight is 647 g/mol. The summed E-state index contributed by atoms with van der Waals surface area (Å²) in [6.45, 7) is 4.11. The number of fused-ring (bicyclic) bond motifs is 4. The molecule has 7 atom stereocenters. The lowest BCUT2D eigenvalue weighted by Gasteiger charge is -2.45. The molecule has 1 saturated carbocycles. The molecule has 6 rings (SSSR count). The molecule has 3 aliphatic rings. The number of hydrogen-bond acceptors (Lipinski definition) is 9. The zero-order valence-electron chi connectivity index (χ0n) is 27.2. The van der Waals surface area contributed by atoms with Crippen LogP contribution >= 0.6 is 0 Å². The lowest BCUT2D eigenvalue weighted by Crippen LogP contribution is -2.56. The number of aliphatic hydroxyl groups excluding tert-OH is 1. The van der Waals surface area contributed by atoms with Gasteiger partial charge in [0.2, 0.25) is 11.8 Å². The minimum absolute atomic E-state index is 0.109. The molecular formula is C36H42N2O9. The first-order valence-corrected chi connectivity index (χ1v) is 16.0. The van der Waals surface area contributed by atoms with Crippen LogP contribution < -0.4 is 24.3 Å². The van der Waals surface area contributed by atoms with Gasteiger partial charge in [-0.05, 0) is 37.0 Å². The Labute approximate surface area is 274 Å². The Morgan fingerprint density at radius 3 is 2.40 bits per heavy atom. The molecule has 3 aromatic rings. The number of carbonyl (C=O) groups excluding carboxylic acids is 2. The van der Waals surface area contributed by atoms with Gasteiger partial charge in [-0.3, -0.25) is 9.59 Å². The normalized spacial score (nSPS) is 28.2. The maximum Gasteiger partial charge on any atom is 0.231 e. The van der Waals surface area contributed by atoms with E-state index in [0.717, 1.165) is 0 Å². The maximum atomic E-state index is 15.1. The Morgan fingerprint density at radius 1 is 1.04 bits per heavy atom. The summed E-state index contributed by atoms with van der Waals surface area (Å²) in [4.78, 5) is 29.8. The summed E-state index contributed by atoms with van der Waals surface area (Å²) in [5.74, 6) is -2.48. The van der Waals surface area contributed by atoms with Gasteiger partial charge >= 0.3 is 0 Å². The summed E-state index contributed by atoms with van der Waals surface area (Å²) in [6, 6.07) is 16.9. The van der Waals surface area contributed by atoms with E-state index in [1.807, 2.05) is 44.2 Å². The van der Waals surface area contributed by atoms with Gasteiger partial charge in [0.1, 0.15) is 35.1 Å². The number of likely N-dealkylation sites (tertiary alicyclic amines) is 1. The first-order chi connectivity index (χ1) is 22.6. The molecule has 3 aromatic carbocycles. The molecule has 2 heterocycles. The number of hydrogen-bond donors (Lipinski definition) is 4. The van der Waals surface area contributed by atoms with Gasteiger partial charge < -0.3 is 44.5 Å². The van der Waals surface area contributed by atoms with Crippen LogP contribution in [-0.4, -0.2) is 72.2 Å². The number of phenols is 1. The predicted molar refractivity (Wildman–Crippen MR) is 171 cm³/mol. The molecule has 11 nitrogen and oxygen atoms in total. The number of aromatic hydroxyl groups is 1. The number of ether oxygens (including phenoxy) is 4. The molecular weight excluding hydrogens is 604 g/mol. The smallest absolute Gasteiger partial charge is 0.231 e. The summed E-state index contributed by atoms with van der Waals surface area (Å²) in [7, 11) is 4.34. The van der Waals surface area contributed by atoms with Crippen molar-refractivity contribution in [1.82, 2.24) is 10.2 Å². The first-order valence-electron chi connectivity index (χ1n) is 16.0. The Hall–Kier alpha value is -4.48. The van der Waals surface area contributed by atoms with Gasteiger partial charge in [0.15, 0.2) is 17.1 Å². The van der Waals surface area contributed by atoms with Crippen LogP contribution in [0.25, 0.3) is 0 Å². The van der Waals surface area contributed by atoms with Crippen molar-refractivity contribution in [2.75, 3.05) is 27.9 Å². The van der Waals surface area contributed by atoms with Gasteiger partial charge in [-0.2, -0.15) is 0 Å². The van der Waals surface area contributed by atoms with E-state index in [0.29, 0.717) is 42.7 Å². The lowest BCUT2D eigenvalue weighted by molar-refractivity contribution is -0.167. The number of nitrogens with one attached hydrogen (secondary N) is 1. The van der Waals surface area contributed by atoms with E-state index in [9.17, 15) is 20.1 Å². The SMILES string of the molecule is CC[C@@H](C)C(=O)N[C@@H]1CCCN1C(=O)[C@@H]1[C@@H](c2ccccc2)[C@]2(c3ccc(OC)c(O)c3)Oc3cc(OC)cc(OC)c3[C@@]1(O)[C@@H]2O. The zero-order valence-corrected chi connectivity index (χ0v) is 27.2. The molecule has 11 heteroatoms. The van der Waals surface area contributed by atoms with Crippen LogP contribution in [0.5, 0.6) is 28.7 Å². The Kier molecular flexibility index (Phi) is 8.48. The van der Waals surface area contributed by atoms with Gasteiger partial charge in [-0.15, -0.1) is 0 Å². The Bertz CT molecular complexity index is 1670. The number of amides is 2. The highest BCUT2D eigenvalue weighted by molar-refractivity contribution is 5.86. The monoisotopic (exact) mass is 646 g/mol. The second kappa shape index (κ2) is 12.3. The standard InChI is InChI=1S/C36H42N2O9/c1-6-20(2)32(40)37-28-13-10-16-38(28)33(41)31-29(21-11-8-7-9-12-21)36(22-14-15-25(45-4)24(39)17-22)34(42)35(31,43)30-26(46-5)18-23(44-3)19-27(30)47-36/h7-9,11-12,14-15,17-20,28-29,31,34,39,42-43H,6,10,13,16H2,1-5H3,(H,37,40)/t20-,28+,29-,31+,34+,35+,36+/m1/s1. The van der Waals surface area contributed by atoms with Gasteiger partial charge in [0.25, 0.3) is 0 Å². The van der Waals surface area contributed by atoms with Crippen LogP contribution in [0, 0.1) is 11.8 Å². The van der Waals surface area contributed by atoms with Gasteiger partial charge in [0, 0.05) is 36.1 Å². The van der Waals surface area contributed by atoms with Crippen molar-refractivity contribution in [2.24, 2.45) is 11.8 Å². The summed E-state index contributed by atoms with van der Waals surface area (Å²) in [6.07, 6.45) is -0.492. The summed E-state index contributed by atoms with van der Waals surface area (Å²) < 4.78 is 23.5. The quantitative estimate of drug-likeness (QED) is 0.273. The minimum Gasteiger partial charge on any atom is -0.504 e. The van der Waals surface area contributed by atoms with E-state index in [2.05, 4.69) is 5.32 Å². The topological polar surface area (TPSA) is 147 Å². The van der Waals surface area contributed by atoms with Crippen LogP contribution in [0.2, 0.25) is 0 Å². The molecule has 0 radical (unpaired) electrons. The molecule has 1 aliphatic carbocycles. The lowest BCUT2D eigenvalue weighted by atomic mass is 9.75. The molecule has 2 bridgehead atoms. The number of carbonyl (C=O) groups is 2. The molecule has 0 unspecified atom stereocenters. The first kappa shape index (κ1) is 32.5. The second-order valence-electron chi connectivity index (χ2n) is 12.6. The molecule has 2 aliphatic heterocycles. The van der Waals surface area contributed by atoms with Crippen molar-refractivity contribution >= 4 is 11.8 Å². The highest BCUT2D eigenvalue weighted by Gasteiger charge is 2.76. The molecule has 0 aromatic heterocycles. The molecule has 250 valence electrons. The Morgan fingerprint density at radius 2 is 1.77 bits per heavy atom. The van der Waals surface area contributed by atoms with Gasteiger partial charge in [-0.25, -0.2) is 0 Å². The molecule has 0 spiro atoms. The number of aliphatic hydroxyl groups is 2. The van der Waals surface area contributed by atoms with E-state index in [1.54, 1.807) is 29.2 Å². The van der Waals surface area contributed by atoms with E-state index in [1.165, 1.54) is 27.4 Å². The zero-order chi connectivity index (χ0) is 33.7. The largest absolute Gasteiger partial charge is 0.504 e. The third-order valence-electron chi connectivity index (χ3n) is 10.2. The third-order valence-corrected chi connectivity index (χ3v) is 10.2. The fourth-order valence-electron chi connectivity index (χ4n) is 7.69. The maximum absolute atomic E-state index is 15.1. The van der Waals surface area contributed by atoms with Crippen LogP contribution in [0.15, 0.2) is 60.7 Å². The van der Waals surface area contributed by atoms with Crippen molar-refractivity contribution in [3.63, 3.8) is 0 Å². The third kappa shape index (κ3) is 4.86. The van der Waals surface area contributed by atoms with Crippen LogP contribution in [0.3, 0.4) is 0 Å². The van der Waals surface area contributed by atoms with Crippen LogP contribution in [0.4, 0.5) is 0 Å². The van der Waals surface area contributed by atoms with Crippen molar-refractivity contribution < 1.29 is 43.9 Å². The summed E-state index contributed by atoms with van der Waals surface area (Å²) in [5, 5.41) is 39.7. The average Bonchev–Trinajstić information content (AvgIpc) is 3.59. The van der Waals surface area contributed by atoms with E-state index >= 15 is 4.79 Å². The van der Waals surface area contributed by atoms with E-state index in [4.69, 9.17) is 18.9 Å². The van der Waals surface area contributed by atoms with E-state index in [-0.39, 0.29) is 40.4 Å².